The largest absolute Gasteiger partial charge is 0.338 e. The quantitative estimate of drug-likeness (QED) is 0.937. The molecule has 2 aromatic rings. The van der Waals surface area contributed by atoms with Crippen LogP contribution < -0.4 is 5.73 Å². The Hall–Kier alpha value is -1.24. The number of piperidine rings is 1. The van der Waals surface area contributed by atoms with E-state index in [9.17, 15) is 0 Å². The molecule has 1 fully saturated rings. The van der Waals surface area contributed by atoms with E-state index in [0.717, 1.165) is 12.0 Å². The smallest absolute Gasteiger partial charge is 0.241 e. The first kappa shape index (κ1) is 13.7. The average molecular weight is 292 g/mol. The minimum atomic E-state index is 0.426. The number of hydrogen-bond donors (Lipinski definition) is 1. The standard InChI is InChI=1S/C14H20N4OS/c1-10-3-2-4-12(7-15)18(10)8-13-16-14(17-19-13)11-5-6-20-9-11/h5-6,9-10,12H,2-4,7-8,15H2,1H3. The maximum absolute atomic E-state index is 5.88. The van der Waals surface area contributed by atoms with Crippen LogP contribution in [0, 0.1) is 0 Å². The molecular weight excluding hydrogens is 272 g/mol. The number of hydrogen-bond acceptors (Lipinski definition) is 6. The highest BCUT2D eigenvalue weighted by Crippen LogP contribution is 2.25. The molecule has 108 valence electrons. The van der Waals surface area contributed by atoms with Crippen molar-refractivity contribution < 1.29 is 4.52 Å². The minimum absolute atomic E-state index is 0.426. The molecule has 0 saturated carbocycles. The fourth-order valence-corrected chi connectivity index (χ4v) is 3.50. The first-order chi connectivity index (χ1) is 9.78. The number of likely N-dealkylation sites (tertiary alicyclic amines) is 1. The van der Waals surface area contributed by atoms with Crippen LogP contribution in [-0.2, 0) is 6.54 Å². The molecule has 0 spiro atoms. The lowest BCUT2D eigenvalue weighted by atomic mass is 9.96. The van der Waals surface area contributed by atoms with Gasteiger partial charge in [-0.05, 0) is 31.2 Å². The van der Waals surface area contributed by atoms with Gasteiger partial charge in [-0.3, -0.25) is 4.90 Å². The summed E-state index contributed by atoms with van der Waals surface area (Å²) in [5.41, 5.74) is 6.91. The van der Waals surface area contributed by atoms with E-state index in [1.807, 2.05) is 16.8 Å². The summed E-state index contributed by atoms with van der Waals surface area (Å²) in [5.74, 6) is 1.36. The lowest BCUT2D eigenvalue weighted by Gasteiger charge is -2.39. The highest BCUT2D eigenvalue weighted by atomic mass is 32.1. The number of nitrogens with zero attached hydrogens (tertiary/aromatic N) is 3. The fourth-order valence-electron chi connectivity index (χ4n) is 2.86. The van der Waals surface area contributed by atoms with Crippen molar-refractivity contribution in [3.8, 4) is 11.4 Å². The van der Waals surface area contributed by atoms with Crippen molar-refractivity contribution in [1.29, 1.82) is 0 Å². The molecule has 0 aliphatic carbocycles. The summed E-state index contributed by atoms with van der Waals surface area (Å²) in [4.78, 5) is 6.89. The van der Waals surface area contributed by atoms with Gasteiger partial charge in [0.25, 0.3) is 0 Å². The third-order valence-electron chi connectivity index (χ3n) is 4.03. The minimum Gasteiger partial charge on any atom is -0.338 e. The molecule has 2 atom stereocenters. The van der Waals surface area contributed by atoms with Gasteiger partial charge in [-0.25, -0.2) is 0 Å². The Morgan fingerprint density at radius 1 is 1.50 bits per heavy atom. The van der Waals surface area contributed by atoms with Gasteiger partial charge in [0, 0.05) is 29.6 Å². The zero-order valence-corrected chi connectivity index (χ0v) is 12.5. The van der Waals surface area contributed by atoms with Crippen molar-refractivity contribution in [2.45, 2.75) is 44.8 Å². The van der Waals surface area contributed by atoms with Crippen molar-refractivity contribution in [3.05, 3.63) is 22.7 Å². The van der Waals surface area contributed by atoms with Gasteiger partial charge in [-0.1, -0.05) is 11.6 Å². The Labute approximate surface area is 122 Å². The van der Waals surface area contributed by atoms with Gasteiger partial charge in [0.2, 0.25) is 11.7 Å². The van der Waals surface area contributed by atoms with E-state index in [1.165, 1.54) is 12.8 Å². The van der Waals surface area contributed by atoms with E-state index in [1.54, 1.807) is 11.3 Å². The van der Waals surface area contributed by atoms with Crippen LogP contribution in [0.5, 0.6) is 0 Å². The third-order valence-corrected chi connectivity index (χ3v) is 4.72. The molecule has 3 heterocycles. The van der Waals surface area contributed by atoms with E-state index >= 15 is 0 Å². The molecule has 0 bridgehead atoms. The predicted octanol–water partition coefficient (Wildman–Crippen LogP) is 2.50. The molecule has 0 aromatic carbocycles. The van der Waals surface area contributed by atoms with Gasteiger partial charge in [-0.2, -0.15) is 16.3 Å². The summed E-state index contributed by atoms with van der Waals surface area (Å²) < 4.78 is 5.39. The number of thiophene rings is 1. The molecule has 1 aliphatic heterocycles. The SMILES string of the molecule is CC1CCCC(CN)N1Cc1nc(-c2ccsc2)no1. The van der Waals surface area contributed by atoms with Crippen molar-refractivity contribution in [1.82, 2.24) is 15.0 Å². The molecule has 20 heavy (non-hydrogen) atoms. The van der Waals surface area contributed by atoms with Crippen LogP contribution in [0.4, 0.5) is 0 Å². The Balaban J connectivity index is 1.73. The van der Waals surface area contributed by atoms with E-state index in [4.69, 9.17) is 10.3 Å². The van der Waals surface area contributed by atoms with Gasteiger partial charge in [-0.15, -0.1) is 0 Å². The summed E-state index contributed by atoms with van der Waals surface area (Å²) in [6.45, 7) is 3.63. The maximum atomic E-state index is 5.88. The molecule has 2 unspecified atom stereocenters. The lowest BCUT2D eigenvalue weighted by molar-refractivity contribution is 0.0770. The molecule has 5 nitrogen and oxygen atoms in total. The molecule has 2 N–H and O–H groups in total. The highest BCUT2D eigenvalue weighted by Gasteiger charge is 2.28. The summed E-state index contributed by atoms with van der Waals surface area (Å²) in [7, 11) is 0. The van der Waals surface area contributed by atoms with E-state index in [-0.39, 0.29) is 0 Å². The summed E-state index contributed by atoms with van der Waals surface area (Å²) in [6.07, 6.45) is 3.62. The lowest BCUT2D eigenvalue weighted by Crippen LogP contribution is -2.48. The van der Waals surface area contributed by atoms with Gasteiger partial charge >= 0.3 is 0 Å². The second-order valence-corrected chi connectivity index (χ2v) is 6.15. The van der Waals surface area contributed by atoms with Gasteiger partial charge in [0.15, 0.2) is 0 Å². The molecule has 3 rings (SSSR count). The Kier molecular flexibility index (Phi) is 4.14. The Morgan fingerprint density at radius 3 is 3.15 bits per heavy atom. The maximum Gasteiger partial charge on any atom is 0.241 e. The first-order valence-electron chi connectivity index (χ1n) is 7.09. The van der Waals surface area contributed by atoms with Crippen molar-refractivity contribution in [3.63, 3.8) is 0 Å². The highest BCUT2D eigenvalue weighted by molar-refractivity contribution is 7.08. The molecule has 6 heteroatoms. The normalized spacial score (nSPS) is 24.1. The van der Waals surface area contributed by atoms with Crippen LogP contribution in [0.2, 0.25) is 0 Å². The van der Waals surface area contributed by atoms with Gasteiger partial charge in [0.05, 0.1) is 6.54 Å². The van der Waals surface area contributed by atoms with Crippen LogP contribution in [0.15, 0.2) is 21.3 Å². The Morgan fingerprint density at radius 2 is 2.40 bits per heavy atom. The van der Waals surface area contributed by atoms with Crippen molar-refractivity contribution in [2.75, 3.05) is 6.54 Å². The zero-order chi connectivity index (χ0) is 13.9. The number of rotatable bonds is 4. The first-order valence-corrected chi connectivity index (χ1v) is 8.03. The van der Waals surface area contributed by atoms with Crippen LogP contribution in [0.1, 0.15) is 32.1 Å². The van der Waals surface area contributed by atoms with Gasteiger partial charge in [0.1, 0.15) is 0 Å². The van der Waals surface area contributed by atoms with E-state index in [2.05, 4.69) is 22.0 Å². The van der Waals surface area contributed by atoms with Crippen molar-refractivity contribution >= 4 is 11.3 Å². The van der Waals surface area contributed by atoms with Crippen LogP contribution in [0.25, 0.3) is 11.4 Å². The molecular formula is C14H20N4OS. The molecule has 1 saturated heterocycles. The fraction of sp³-hybridized carbons (Fsp3) is 0.571. The molecule has 0 radical (unpaired) electrons. The Bertz CT molecular complexity index is 539. The summed E-state index contributed by atoms with van der Waals surface area (Å²) in [6, 6.07) is 2.95. The molecule has 1 aliphatic rings. The van der Waals surface area contributed by atoms with Crippen LogP contribution in [0.3, 0.4) is 0 Å². The predicted molar refractivity (Wildman–Crippen MR) is 79.3 cm³/mol. The second-order valence-electron chi connectivity index (χ2n) is 5.37. The topological polar surface area (TPSA) is 68.2 Å². The monoisotopic (exact) mass is 292 g/mol. The molecule has 2 aromatic heterocycles. The zero-order valence-electron chi connectivity index (χ0n) is 11.7. The average Bonchev–Trinajstić information content (AvgIpc) is 3.11. The number of aromatic nitrogens is 2. The van der Waals surface area contributed by atoms with Crippen molar-refractivity contribution in [2.24, 2.45) is 5.73 Å². The van der Waals surface area contributed by atoms with E-state index < -0.39 is 0 Å². The third kappa shape index (κ3) is 2.77. The second kappa shape index (κ2) is 6.03. The van der Waals surface area contributed by atoms with E-state index in [0.29, 0.717) is 36.9 Å². The van der Waals surface area contributed by atoms with Gasteiger partial charge < -0.3 is 10.3 Å². The van der Waals surface area contributed by atoms with Crippen LogP contribution in [-0.4, -0.2) is 33.7 Å². The summed E-state index contributed by atoms with van der Waals surface area (Å²) in [5, 5.41) is 8.11. The van der Waals surface area contributed by atoms with Crippen LogP contribution >= 0.6 is 11.3 Å². The summed E-state index contributed by atoms with van der Waals surface area (Å²) >= 11 is 1.64. The molecule has 0 amide bonds. The number of nitrogens with two attached hydrogens (primary N) is 1.